The average molecular weight is 451 g/mol. The molecule has 3 aromatic carbocycles. The average Bonchev–Trinajstić information content (AvgIpc) is 2.86. The minimum atomic E-state index is -0.393. The van der Waals surface area contributed by atoms with Gasteiger partial charge in [-0.05, 0) is 66.1 Å². The maximum Gasteiger partial charge on any atom is 0.258 e. The summed E-state index contributed by atoms with van der Waals surface area (Å²) >= 11 is 0. The van der Waals surface area contributed by atoms with Crippen molar-refractivity contribution in [3.05, 3.63) is 83.2 Å². The van der Waals surface area contributed by atoms with Crippen LogP contribution in [0.2, 0.25) is 0 Å². The summed E-state index contributed by atoms with van der Waals surface area (Å²) in [5, 5.41) is 0. The summed E-state index contributed by atoms with van der Waals surface area (Å²) in [6.07, 6.45) is 0.656. The minimum absolute atomic E-state index is 0.152. The van der Waals surface area contributed by atoms with E-state index in [0.717, 1.165) is 11.1 Å². The van der Waals surface area contributed by atoms with Gasteiger partial charge in [0.2, 0.25) is 0 Å². The number of ether oxygens (including phenoxy) is 4. The van der Waals surface area contributed by atoms with Crippen molar-refractivity contribution < 1.29 is 28.1 Å². The fraction of sp³-hybridized carbons (Fsp3) is 0.269. The van der Waals surface area contributed by atoms with Crippen LogP contribution in [0.5, 0.6) is 23.0 Å². The van der Waals surface area contributed by atoms with Gasteiger partial charge in [-0.2, -0.15) is 0 Å². The first-order chi connectivity index (χ1) is 16.0. The molecule has 0 aliphatic carbocycles. The van der Waals surface area contributed by atoms with Crippen molar-refractivity contribution >= 4 is 5.91 Å². The topological polar surface area (TPSA) is 57.2 Å². The maximum absolute atomic E-state index is 13.6. The normalized spacial score (nSPS) is 14.9. The van der Waals surface area contributed by atoms with E-state index in [-0.39, 0.29) is 18.3 Å². The molecule has 0 saturated carbocycles. The van der Waals surface area contributed by atoms with Crippen LogP contribution in [0, 0.1) is 5.82 Å². The van der Waals surface area contributed by atoms with Gasteiger partial charge in [-0.15, -0.1) is 0 Å². The Labute approximate surface area is 192 Å². The summed E-state index contributed by atoms with van der Waals surface area (Å²) in [6.45, 7) is 0.686. The SMILES string of the molecule is COc1cc2c(cc1OC)C(COc1ccc(F)cc1)N(C(=O)c1ccccc1OC)CC2. The van der Waals surface area contributed by atoms with Gasteiger partial charge in [-0.1, -0.05) is 12.1 Å². The van der Waals surface area contributed by atoms with Crippen molar-refractivity contribution in [3.63, 3.8) is 0 Å². The van der Waals surface area contributed by atoms with Crippen LogP contribution < -0.4 is 18.9 Å². The summed E-state index contributed by atoms with van der Waals surface area (Å²) in [7, 11) is 4.72. The van der Waals surface area contributed by atoms with E-state index in [2.05, 4.69) is 0 Å². The molecule has 0 N–H and O–H groups in total. The lowest BCUT2D eigenvalue weighted by Crippen LogP contribution is -2.42. The van der Waals surface area contributed by atoms with E-state index >= 15 is 0 Å². The van der Waals surface area contributed by atoms with E-state index in [1.165, 1.54) is 12.1 Å². The molecule has 6 nitrogen and oxygen atoms in total. The second kappa shape index (κ2) is 9.81. The van der Waals surface area contributed by atoms with Gasteiger partial charge >= 0.3 is 0 Å². The van der Waals surface area contributed by atoms with Gasteiger partial charge in [0.25, 0.3) is 5.91 Å². The third-order valence-electron chi connectivity index (χ3n) is 5.82. The third-order valence-corrected chi connectivity index (χ3v) is 5.82. The molecule has 0 fully saturated rings. The van der Waals surface area contributed by atoms with Crippen LogP contribution in [-0.2, 0) is 6.42 Å². The predicted molar refractivity (Wildman–Crippen MR) is 122 cm³/mol. The monoisotopic (exact) mass is 451 g/mol. The molecular formula is C26H26FNO5. The van der Waals surface area contributed by atoms with E-state index in [1.807, 2.05) is 24.3 Å². The van der Waals surface area contributed by atoms with Crippen molar-refractivity contribution in [1.29, 1.82) is 0 Å². The first kappa shape index (κ1) is 22.5. The summed E-state index contributed by atoms with van der Waals surface area (Å²) in [5.41, 5.74) is 2.46. The number of benzene rings is 3. The summed E-state index contributed by atoms with van der Waals surface area (Å²) in [6, 6.07) is 16.4. The molecule has 1 aliphatic heterocycles. The highest BCUT2D eigenvalue weighted by Crippen LogP contribution is 2.39. The first-order valence-electron chi connectivity index (χ1n) is 10.6. The summed E-state index contributed by atoms with van der Waals surface area (Å²) < 4.78 is 35.7. The lowest BCUT2D eigenvalue weighted by atomic mass is 9.91. The summed E-state index contributed by atoms with van der Waals surface area (Å²) in [4.78, 5) is 15.4. The van der Waals surface area contributed by atoms with Crippen LogP contribution in [-0.4, -0.2) is 45.3 Å². The largest absolute Gasteiger partial charge is 0.496 e. The number of halogens is 1. The molecule has 1 aliphatic rings. The Kier molecular flexibility index (Phi) is 6.68. The maximum atomic E-state index is 13.6. The van der Waals surface area contributed by atoms with Crippen molar-refractivity contribution in [2.24, 2.45) is 0 Å². The molecule has 0 spiro atoms. The molecular weight excluding hydrogens is 425 g/mol. The molecule has 0 bridgehead atoms. The molecule has 33 heavy (non-hydrogen) atoms. The highest BCUT2D eigenvalue weighted by atomic mass is 19.1. The third kappa shape index (κ3) is 4.58. The number of fused-ring (bicyclic) bond motifs is 1. The smallest absolute Gasteiger partial charge is 0.258 e. The van der Waals surface area contributed by atoms with E-state index in [9.17, 15) is 9.18 Å². The summed E-state index contributed by atoms with van der Waals surface area (Å²) in [5.74, 6) is 1.76. The molecule has 0 radical (unpaired) electrons. The number of hydrogen-bond acceptors (Lipinski definition) is 5. The number of methoxy groups -OCH3 is 3. The zero-order valence-corrected chi connectivity index (χ0v) is 18.8. The van der Waals surface area contributed by atoms with Crippen LogP contribution in [0.3, 0.4) is 0 Å². The lowest BCUT2D eigenvalue weighted by molar-refractivity contribution is 0.0586. The lowest BCUT2D eigenvalue weighted by Gasteiger charge is -2.38. The van der Waals surface area contributed by atoms with E-state index < -0.39 is 6.04 Å². The van der Waals surface area contributed by atoms with Gasteiger partial charge in [0.05, 0.1) is 32.9 Å². The highest BCUT2D eigenvalue weighted by Gasteiger charge is 2.34. The Morgan fingerprint density at radius 1 is 0.939 bits per heavy atom. The first-order valence-corrected chi connectivity index (χ1v) is 10.6. The second-order valence-electron chi connectivity index (χ2n) is 7.64. The van der Waals surface area contributed by atoms with Crippen LogP contribution in [0.4, 0.5) is 4.39 Å². The van der Waals surface area contributed by atoms with Gasteiger partial charge < -0.3 is 23.8 Å². The number of rotatable bonds is 7. The molecule has 7 heteroatoms. The van der Waals surface area contributed by atoms with E-state index in [4.69, 9.17) is 18.9 Å². The fourth-order valence-electron chi connectivity index (χ4n) is 4.13. The van der Waals surface area contributed by atoms with Gasteiger partial charge in [0.1, 0.15) is 23.9 Å². The Balaban J connectivity index is 1.72. The second-order valence-corrected chi connectivity index (χ2v) is 7.64. The fourth-order valence-corrected chi connectivity index (χ4v) is 4.13. The van der Waals surface area contributed by atoms with Gasteiger partial charge in [-0.3, -0.25) is 4.79 Å². The molecule has 1 atom stereocenters. The molecule has 0 aromatic heterocycles. The standard InChI is InChI=1S/C26H26FNO5/c1-30-23-7-5-4-6-20(23)26(29)28-13-12-17-14-24(31-2)25(32-3)15-21(17)22(28)16-33-19-10-8-18(27)9-11-19/h4-11,14-15,22H,12-13,16H2,1-3H3. The van der Waals surface area contributed by atoms with Crippen LogP contribution in [0.15, 0.2) is 60.7 Å². The van der Waals surface area contributed by atoms with Gasteiger partial charge in [-0.25, -0.2) is 4.39 Å². The van der Waals surface area contributed by atoms with Crippen molar-refractivity contribution in [2.45, 2.75) is 12.5 Å². The number of amides is 1. The molecule has 4 rings (SSSR count). The highest BCUT2D eigenvalue weighted by molar-refractivity contribution is 5.97. The quantitative estimate of drug-likeness (QED) is 0.523. The Hall–Kier alpha value is -3.74. The van der Waals surface area contributed by atoms with E-state index in [0.29, 0.717) is 41.5 Å². The number of nitrogens with zero attached hydrogens (tertiary/aromatic N) is 1. The Morgan fingerprint density at radius 3 is 2.30 bits per heavy atom. The van der Waals surface area contributed by atoms with E-state index in [1.54, 1.807) is 50.5 Å². The number of hydrogen-bond donors (Lipinski definition) is 0. The molecule has 3 aromatic rings. The Bertz CT molecular complexity index is 1130. The Morgan fingerprint density at radius 2 is 1.61 bits per heavy atom. The zero-order valence-electron chi connectivity index (χ0n) is 18.8. The molecule has 1 unspecified atom stereocenters. The zero-order chi connectivity index (χ0) is 23.4. The van der Waals surface area contributed by atoms with Crippen molar-refractivity contribution in [3.8, 4) is 23.0 Å². The van der Waals surface area contributed by atoms with Gasteiger partial charge in [0, 0.05) is 6.54 Å². The number of carbonyl (C=O) groups is 1. The molecule has 0 saturated heterocycles. The molecule has 172 valence electrons. The van der Waals surface area contributed by atoms with Crippen molar-refractivity contribution in [1.82, 2.24) is 4.90 Å². The van der Waals surface area contributed by atoms with Crippen LogP contribution in [0.25, 0.3) is 0 Å². The van der Waals surface area contributed by atoms with Crippen LogP contribution >= 0.6 is 0 Å². The molecule has 1 heterocycles. The minimum Gasteiger partial charge on any atom is -0.496 e. The number of para-hydroxylation sites is 1. The number of carbonyl (C=O) groups excluding carboxylic acids is 1. The predicted octanol–water partition coefficient (Wildman–Crippen LogP) is 4.67. The van der Waals surface area contributed by atoms with Crippen molar-refractivity contribution in [2.75, 3.05) is 34.5 Å². The van der Waals surface area contributed by atoms with Gasteiger partial charge in [0.15, 0.2) is 11.5 Å². The molecule has 1 amide bonds. The van der Waals surface area contributed by atoms with Crippen LogP contribution in [0.1, 0.15) is 27.5 Å².